The molecule has 2 amide bonds. The van der Waals surface area contributed by atoms with Gasteiger partial charge in [0.25, 0.3) is 5.91 Å². The van der Waals surface area contributed by atoms with E-state index >= 15 is 0 Å². The fourth-order valence-electron chi connectivity index (χ4n) is 3.33. The van der Waals surface area contributed by atoms with Gasteiger partial charge in [-0.15, -0.1) is 11.8 Å². The Bertz CT molecular complexity index is 807. The number of thioether (sulfide) groups is 1. The molecular formula is C22H25FN2O2S. The molecule has 1 N–H and O–H groups in total. The SMILES string of the molecule is CCC(Sc1ccccc1)C(=O)N1CCC(NC(=O)c2ccccc2F)CC1. The molecule has 1 aliphatic rings. The Morgan fingerprint density at radius 3 is 2.39 bits per heavy atom. The fraction of sp³-hybridized carbons (Fsp3) is 0.364. The Morgan fingerprint density at radius 1 is 1.11 bits per heavy atom. The highest BCUT2D eigenvalue weighted by Crippen LogP contribution is 2.27. The monoisotopic (exact) mass is 400 g/mol. The smallest absolute Gasteiger partial charge is 0.254 e. The Morgan fingerprint density at radius 2 is 1.75 bits per heavy atom. The van der Waals surface area contributed by atoms with E-state index in [0.717, 1.165) is 11.3 Å². The van der Waals surface area contributed by atoms with E-state index in [1.165, 1.54) is 12.1 Å². The van der Waals surface area contributed by atoms with Crippen molar-refractivity contribution in [2.45, 2.75) is 42.4 Å². The van der Waals surface area contributed by atoms with Gasteiger partial charge >= 0.3 is 0 Å². The van der Waals surface area contributed by atoms with Crippen LogP contribution in [0.3, 0.4) is 0 Å². The first-order valence-electron chi connectivity index (χ1n) is 9.64. The molecule has 1 atom stereocenters. The molecule has 1 aliphatic heterocycles. The molecule has 0 spiro atoms. The van der Waals surface area contributed by atoms with Crippen molar-refractivity contribution in [3.63, 3.8) is 0 Å². The van der Waals surface area contributed by atoms with Gasteiger partial charge in [-0.25, -0.2) is 4.39 Å². The number of carbonyl (C=O) groups is 2. The summed E-state index contributed by atoms with van der Waals surface area (Å²) >= 11 is 1.60. The van der Waals surface area contributed by atoms with Crippen LogP contribution >= 0.6 is 11.8 Å². The van der Waals surface area contributed by atoms with Gasteiger partial charge in [0.2, 0.25) is 5.91 Å². The van der Waals surface area contributed by atoms with Crippen LogP contribution in [-0.4, -0.2) is 41.1 Å². The second kappa shape index (κ2) is 9.73. The van der Waals surface area contributed by atoms with Gasteiger partial charge in [0.15, 0.2) is 0 Å². The second-order valence-electron chi connectivity index (χ2n) is 6.88. The average molecular weight is 401 g/mol. The van der Waals surface area contributed by atoms with E-state index in [1.807, 2.05) is 42.2 Å². The Kier molecular flexibility index (Phi) is 7.09. The van der Waals surface area contributed by atoms with Gasteiger partial charge in [-0.2, -0.15) is 0 Å². The van der Waals surface area contributed by atoms with E-state index in [2.05, 4.69) is 5.32 Å². The Balaban J connectivity index is 1.52. The largest absolute Gasteiger partial charge is 0.349 e. The standard InChI is InChI=1S/C22H25FN2O2S/c1-2-20(28-17-8-4-3-5-9-17)22(27)25-14-12-16(13-15-25)24-21(26)18-10-6-7-11-19(18)23/h3-11,16,20H,2,12-15H2,1H3,(H,24,26). The van der Waals surface area contributed by atoms with Crippen molar-refractivity contribution in [2.24, 2.45) is 0 Å². The molecular weight excluding hydrogens is 375 g/mol. The van der Waals surface area contributed by atoms with E-state index in [0.29, 0.717) is 25.9 Å². The summed E-state index contributed by atoms with van der Waals surface area (Å²) in [4.78, 5) is 28.1. The topological polar surface area (TPSA) is 49.4 Å². The van der Waals surface area contributed by atoms with Gasteiger partial charge in [-0.05, 0) is 43.5 Å². The number of hydrogen-bond donors (Lipinski definition) is 1. The first-order valence-corrected chi connectivity index (χ1v) is 10.5. The fourth-order valence-corrected chi connectivity index (χ4v) is 4.39. The lowest BCUT2D eigenvalue weighted by Gasteiger charge is -2.34. The number of amides is 2. The van der Waals surface area contributed by atoms with Crippen LogP contribution in [0.1, 0.15) is 36.5 Å². The quantitative estimate of drug-likeness (QED) is 0.742. The van der Waals surface area contributed by atoms with Crippen molar-refractivity contribution < 1.29 is 14.0 Å². The normalized spacial score (nSPS) is 15.9. The van der Waals surface area contributed by atoms with Crippen molar-refractivity contribution in [1.29, 1.82) is 0 Å². The molecule has 0 aromatic heterocycles. The number of hydrogen-bond acceptors (Lipinski definition) is 3. The first kappa shape index (κ1) is 20.4. The number of nitrogens with one attached hydrogen (secondary N) is 1. The predicted molar refractivity (Wildman–Crippen MR) is 110 cm³/mol. The molecule has 28 heavy (non-hydrogen) atoms. The molecule has 0 bridgehead atoms. The van der Waals surface area contributed by atoms with Crippen molar-refractivity contribution in [2.75, 3.05) is 13.1 Å². The van der Waals surface area contributed by atoms with Gasteiger partial charge in [0.05, 0.1) is 10.8 Å². The molecule has 2 aromatic rings. The number of nitrogens with zero attached hydrogens (tertiary/aromatic N) is 1. The molecule has 1 unspecified atom stereocenters. The first-order chi connectivity index (χ1) is 13.6. The minimum Gasteiger partial charge on any atom is -0.349 e. The van der Waals surface area contributed by atoms with Crippen LogP contribution in [0.2, 0.25) is 0 Å². The molecule has 0 aliphatic carbocycles. The summed E-state index contributed by atoms with van der Waals surface area (Å²) in [5.74, 6) is -0.763. The lowest BCUT2D eigenvalue weighted by atomic mass is 10.0. The molecule has 1 fully saturated rings. The third-order valence-electron chi connectivity index (χ3n) is 4.93. The molecule has 1 heterocycles. The average Bonchev–Trinajstić information content (AvgIpc) is 2.73. The predicted octanol–water partition coefficient (Wildman–Crippen LogP) is 4.12. The summed E-state index contributed by atoms with van der Waals surface area (Å²) in [6.07, 6.45) is 2.12. The summed E-state index contributed by atoms with van der Waals surface area (Å²) < 4.78 is 13.8. The molecule has 1 saturated heterocycles. The van der Waals surface area contributed by atoms with Gasteiger partial charge in [0, 0.05) is 24.0 Å². The van der Waals surface area contributed by atoms with Gasteiger partial charge in [-0.3, -0.25) is 9.59 Å². The Labute approximate surface area is 169 Å². The summed E-state index contributed by atoms with van der Waals surface area (Å²) in [5, 5.41) is 2.79. The van der Waals surface area contributed by atoms with Crippen molar-refractivity contribution in [3.8, 4) is 0 Å². The summed E-state index contributed by atoms with van der Waals surface area (Å²) in [5.41, 5.74) is 0.0614. The van der Waals surface area contributed by atoms with Crippen LogP contribution in [0.15, 0.2) is 59.5 Å². The maximum atomic E-state index is 13.8. The maximum Gasteiger partial charge on any atom is 0.254 e. The minimum atomic E-state index is -0.517. The van der Waals surface area contributed by atoms with Gasteiger partial charge < -0.3 is 10.2 Å². The van der Waals surface area contributed by atoms with Crippen LogP contribution in [-0.2, 0) is 4.79 Å². The van der Waals surface area contributed by atoms with Crippen LogP contribution in [0.5, 0.6) is 0 Å². The van der Waals surface area contributed by atoms with Crippen molar-refractivity contribution >= 4 is 23.6 Å². The molecule has 148 valence electrons. The van der Waals surface area contributed by atoms with Crippen molar-refractivity contribution in [1.82, 2.24) is 10.2 Å². The number of piperidine rings is 1. The van der Waals surface area contributed by atoms with Gasteiger partial charge in [-0.1, -0.05) is 37.3 Å². The summed E-state index contributed by atoms with van der Waals surface area (Å²) in [6, 6.07) is 15.9. The Hall–Kier alpha value is -2.34. The number of rotatable bonds is 6. The van der Waals surface area contributed by atoms with Crippen LogP contribution < -0.4 is 5.32 Å². The highest BCUT2D eigenvalue weighted by Gasteiger charge is 2.29. The third kappa shape index (κ3) is 5.13. The second-order valence-corrected chi connectivity index (χ2v) is 8.16. The zero-order chi connectivity index (χ0) is 19.9. The lowest BCUT2D eigenvalue weighted by molar-refractivity contribution is -0.131. The van der Waals surface area contributed by atoms with Crippen LogP contribution in [0.4, 0.5) is 4.39 Å². The highest BCUT2D eigenvalue weighted by atomic mass is 32.2. The lowest BCUT2D eigenvalue weighted by Crippen LogP contribution is -2.48. The zero-order valence-electron chi connectivity index (χ0n) is 15.9. The molecule has 0 saturated carbocycles. The van der Waals surface area contributed by atoms with E-state index < -0.39 is 11.7 Å². The summed E-state index contributed by atoms with van der Waals surface area (Å²) in [6.45, 7) is 3.24. The van der Waals surface area contributed by atoms with E-state index in [1.54, 1.807) is 23.9 Å². The van der Waals surface area contributed by atoms with Crippen LogP contribution in [0, 0.1) is 5.82 Å². The highest BCUT2D eigenvalue weighted by molar-refractivity contribution is 8.00. The number of halogens is 1. The molecule has 6 heteroatoms. The van der Waals surface area contributed by atoms with Crippen LogP contribution in [0.25, 0.3) is 0 Å². The number of carbonyl (C=O) groups excluding carboxylic acids is 2. The molecule has 0 radical (unpaired) electrons. The summed E-state index contributed by atoms with van der Waals surface area (Å²) in [7, 11) is 0. The molecule has 3 rings (SSSR count). The van der Waals surface area contributed by atoms with E-state index in [4.69, 9.17) is 0 Å². The zero-order valence-corrected chi connectivity index (χ0v) is 16.8. The van der Waals surface area contributed by atoms with Gasteiger partial charge in [0.1, 0.15) is 5.82 Å². The maximum absolute atomic E-state index is 13.8. The van der Waals surface area contributed by atoms with E-state index in [-0.39, 0.29) is 22.8 Å². The number of benzene rings is 2. The third-order valence-corrected chi connectivity index (χ3v) is 6.29. The molecule has 4 nitrogen and oxygen atoms in total. The molecule has 2 aromatic carbocycles. The number of likely N-dealkylation sites (tertiary alicyclic amines) is 1. The van der Waals surface area contributed by atoms with E-state index in [9.17, 15) is 14.0 Å². The van der Waals surface area contributed by atoms with Crippen molar-refractivity contribution in [3.05, 3.63) is 66.0 Å². The minimum absolute atomic E-state index is 0.0435.